The SMILES string of the molecule is C=CC(=O)Nc1ccc(B(O)O)cc1.[NaH]. The summed E-state index contributed by atoms with van der Waals surface area (Å²) >= 11 is 0. The van der Waals surface area contributed by atoms with Crippen LogP contribution in [-0.4, -0.2) is 52.6 Å². The van der Waals surface area contributed by atoms with Crippen LogP contribution in [0, 0.1) is 0 Å². The van der Waals surface area contributed by atoms with Crippen molar-refractivity contribution in [3.63, 3.8) is 0 Å². The topological polar surface area (TPSA) is 69.6 Å². The van der Waals surface area contributed by atoms with Crippen molar-refractivity contribution in [1.82, 2.24) is 0 Å². The van der Waals surface area contributed by atoms with Gasteiger partial charge in [-0.1, -0.05) is 18.7 Å². The zero-order valence-electron chi connectivity index (χ0n) is 7.47. The third-order valence-corrected chi connectivity index (χ3v) is 1.66. The Labute approximate surface area is 110 Å². The Bertz CT molecular complexity index is 340. The van der Waals surface area contributed by atoms with Gasteiger partial charge in [0.15, 0.2) is 0 Å². The zero-order valence-corrected chi connectivity index (χ0v) is 7.47. The number of hydrogen-bond donors (Lipinski definition) is 3. The van der Waals surface area contributed by atoms with E-state index >= 15 is 0 Å². The van der Waals surface area contributed by atoms with Crippen molar-refractivity contribution in [2.75, 3.05) is 5.32 Å². The van der Waals surface area contributed by atoms with Crippen LogP contribution in [0.15, 0.2) is 36.9 Å². The van der Waals surface area contributed by atoms with Gasteiger partial charge in [-0.05, 0) is 23.7 Å². The average molecular weight is 215 g/mol. The Hall–Kier alpha value is -0.585. The van der Waals surface area contributed by atoms with Crippen LogP contribution in [0.5, 0.6) is 0 Å². The maximum atomic E-state index is 10.9. The summed E-state index contributed by atoms with van der Waals surface area (Å²) in [5, 5.41) is 20.1. The average Bonchev–Trinajstić information content (AvgIpc) is 2.18. The second kappa shape index (κ2) is 6.82. The van der Waals surface area contributed by atoms with Crippen LogP contribution in [-0.2, 0) is 4.79 Å². The molecule has 0 radical (unpaired) electrons. The summed E-state index contributed by atoms with van der Waals surface area (Å²) in [6.45, 7) is 3.31. The number of hydrogen-bond acceptors (Lipinski definition) is 3. The van der Waals surface area contributed by atoms with E-state index in [9.17, 15) is 4.79 Å². The molecule has 3 N–H and O–H groups in total. The first-order valence-electron chi connectivity index (χ1n) is 4.03. The zero-order chi connectivity index (χ0) is 10.6. The van der Waals surface area contributed by atoms with Gasteiger partial charge in [0.25, 0.3) is 0 Å². The second-order valence-electron chi connectivity index (χ2n) is 2.69. The van der Waals surface area contributed by atoms with Crippen LogP contribution in [0.2, 0.25) is 0 Å². The van der Waals surface area contributed by atoms with E-state index in [0.717, 1.165) is 6.08 Å². The first-order valence-corrected chi connectivity index (χ1v) is 4.03. The summed E-state index contributed by atoms with van der Waals surface area (Å²) in [6.07, 6.45) is 1.16. The summed E-state index contributed by atoms with van der Waals surface area (Å²) in [7, 11) is -1.49. The summed E-state index contributed by atoms with van der Waals surface area (Å²) in [5.74, 6) is -0.303. The van der Waals surface area contributed by atoms with Gasteiger partial charge in [0.1, 0.15) is 0 Å². The van der Waals surface area contributed by atoms with Gasteiger partial charge in [0.05, 0.1) is 0 Å². The fourth-order valence-electron chi connectivity index (χ4n) is 0.932. The van der Waals surface area contributed by atoms with Crippen molar-refractivity contribution >= 4 is 53.7 Å². The molecule has 0 aliphatic rings. The van der Waals surface area contributed by atoms with Crippen molar-refractivity contribution < 1.29 is 14.8 Å². The van der Waals surface area contributed by atoms with E-state index in [-0.39, 0.29) is 35.5 Å². The van der Waals surface area contributed by atoms with Crippen molar-refractivity contribution in [1.29, 1.82) is 0 Å². The number of amides is 1. The Morgan fingerprint density at radius 1 is 1.33 bits per heavy atom. The van der Waals surface area contributed by atoms with Gasteiger partial charge >= 0.3 is 36.7 Å². The van der Waals surface area contributed by atoms with Crippen LogP contribution in [0.4, 0.5) is 5.69 Å². The molecule has 74 valence electrons. The van der Waals surface area contributed by atoms with E-state index in [1.165, 1.54) is 12.1 Å². The molecule has 1 amide bonds. The Balaban J connectivity index is 0.00000196. The van der Waals surface area contributed by atoms with E-state index in [2.05, 4.69) is 11.9 Å². The maximum absolute atomic E-state index is 10.9. The van der Waals surface area contributed by atoms with Crippen molar-refractivity contribution in [3.05, 3.63) is 36.9 Å². The van der Waals surface area contributed by atoms with E-state index < -0.39 is 7.12 Å². The Morgan fingerprint density at radius 3 is 2.27 bits per heavy atom. The van der Waals surface area contributed by atoms with E-state index in [4.69, 9.17) is 10.0 Å². The molecule has 0 unspecified atom stereocenters. The molecule has 1 rings (SSSR count). The van der Waals surface area contributed by atoms with Crippen molar-refractivity contribution in [2.45, 2.75) is 0 Å². The van der Waals surface area contributed by atoms with Crippen molar-refractivity contribution in [3.8, 4) is 0 Å². The number of carbonyl (C=O) groups excluding carboxylic acids is 1. The van der Waals surface area contributed by atoms with Crippen LogP contribution in [0.25, 0.3) is 0 Å². The molecule has 0 atom stereocenters. The molecule has 0 heterocycles. The van der Waals surface area contributed by atoms with Gasteiger partial charge in [-0.3, -0.25) is 4.79 Å². The predicted molar refractivity (Wildman–Crippen MR) is 62.2 cm³/mol. The molecule has 0 saturated carbocycles. The van der Waals surface area contributed by atoms with Crippen LogP contribution in [0.1, 0.15) is 0 Å². The standard InChI is InChI=1S/C9H10BNO3.Na.H/c1-2-9(12)11-8-5-3-7(4-6-8)10(13)14;;/h2-6,13-14H,1H2,(H,11,12);;. The first kappa shape index (κ1) is 14.4. The number of anilines is 1. The molecule has 1 aromatic carbocycles. The molecule has 4 nitrogen and oxygen atoms in total. The molecular formula is C9H11BNNaO3. The molecule has 0 aliphatic carbocycles. The minimum atomic E-state index is -1.49. The van der Waals surface area contributed by atoms with Gasteiger partial charge in [-0.2, -0.15) is 0 Å². The van der Waals surface area contributed by atoms with Crippen LogP contribution in [0.3, 0.4) is 0 Å². The fraction of sp³-hybridized carbons (Fsp3) is 0. The number of nitrogens with one attached hydrogen (secondary N) is 1. The predicted octanol–water partition coefficient (Wildman–Crippen LogP) is -1.16. The molecule has 15 heavy (non-hydrogen) atoms. The minimum absolute atomic E-state index is 0. The Morgan fingerprint density at radius 2 is 1.87 bits per heavy atom. The van der Waals surface area contributed by atoms with E-state index in [1.807, 2.05) is 0 Å². The van der Waals surface area contributed by atoms with Crippen LogP contribution < -0.4 is 10.8 Å². The quantitative estimate of drug-likeness (QED) is 0.440. The molecule has 0 bridgehead atoms. The monoisotopic (exact) mass is 215 g/mol. The summed E-state index contributed by atoms with van der Waals surface area (Å²) in [5.41, 5.74) is 0.959. The number of benzene rings is 1. The van der Waals surface area contributed by atoms with Gasteiger partial charge in [-0.25, -0.2) is 0 Å². The fourth-order valence-corrected chi connectivity index (χ4v) is 0.932. The molecule has 0 spiro atoms. The van der Waals surface area contributed by atoms with Gasteiger partial charge in [-0.15, -0.1) is 0 Å². The third-order valence-electron chi connectivity index (χ3n) is 1.66. The molecule has 6 heteroatoms. The molecular weight excluding hydrogens is 204 g/mol. The van der Waals surface area contributed by atoms with E-state index in [0.29, 0.717) is 11.2 Å². The summed E-state index contributed by atoms with van der Waals surface area (Å²) in [6, 6.07) is 6.19. The number of carbonyl (C=O) groups is 1. The van der Waals surface area contributed by atoms with Gasteiger partial charge in [0, 0.05) is 5.69 Å². The second-order valence-corrected chi connectivity index (χ2v) is 2.69. The third kappa shape index (κ3) is 4.64. The molecule has 0 aromatic heterocycles. The summed E-state index contributed by atoms with van der Waals surface area (Å²) in [4.78, 5) is 10.9. The summed E-state index contributed by atoms with van der Waals surface area (Å²) < 4.78 is 0. The van der Waals surface area contributed by atoms with Gasteiger partial charge in [0.2, 0.25) is 5.91 Å². The first-order chi connectivity index (χ1) is 6.63. The van der Waals surface area contributed by atoms with Crippen LogP contribution >= 0.6 is 0 Å². The molecule has 0 aliphatic heterocycles. The van der Waals surface area contributed by atoms with Gasteiger partial charge < -0.3 is 15.4 Å². The number of rotatable bonds is 3. The molecule has 0 fully saturated rings. The molecule has 0 saturated heterocycles. The van der Waals surface area contributed by atoms with Crippen molar-refractivity contribution in [2.24, 2.45) is 0 Å². The normalized spacial score (nSPS) is 8.67. The van der Waals surface area contributed by atoms with E-state index in [1.54, 1.807) is 12.1 Å². The Kier molecular flexibility index (Phi) is 6.55. The molecule has 1 aromatic rings.